The Balaban J connectivity index is 1.23. The van der Waals surface area contributed by atoms with Crippen molar-refractivity contribution in [2.24, 2.45) is 0 Å². The molecule has 12 heteroatoms. The molecule has 0 radical (unpaired) electrons. The quantitative estimate of drug-likeness (QED) is 0.409. The van der Waals surface area contributed by atoms with Crippen molar-refractivity contribution in [2.75, 3.05) is 19.5 Å². The van der Waals surface area contributed by atoms with Crippen molar-refractivity contribution < 1.29 is 27.7 Å². The van der Waals surface area contributed by atoms with Crippen LogP contribution in [0.1, 0.15) is 30.4 Å². The van der Waals surface area contributed by atoms with Gasteiger partial charge in [-0.2, -0.15) is 5.26 Å². The zero-order chi connectivity index (χ0) is 27.3. The van der Waals surface area contributed by atoms with E-state index in [1.54, 1.807) is 6.07 Å². The molecule has 4 heterocycles. The zero-order valence-electron chi connectivity index (χ0n) is 21.1. The minimum absolute atomic E-state index is 0.0813. The van der Waals surface area contributed by atoms with Gasteiger partial charge in [0.2, 0.25) is 15.9 Å². The standard InChI is InChI=1S/C27H27ClN4O6S/c1-39(34,35)32-17-8-6-15(7-9-17)14-2-4-16(5-3-14)23-19(28)10-20-24(31-23)18(11-29)27(30-20)38-22-13-37-25-21(33)12-36-26(22)25/h2-6,10,17,21-22,25-26,30,32-33H,7-9,12-13H2,1H3/t17?,21-,22-,25-,26-/m1/s1. The van der Waals surface area contributed by atoms with E-state index in [1.807, 2.05) is 24.3 Å². The molecule has 3 aromatic rings. The van der Waals surface area contributed by atoms with Gasteiger partial charge in [0, 0.05) is 11.6 Å². The number of aromatic nitrogens is 2. The molecule has 3 aliphatic rings. The number of nitrogens with one attached hydrogen (secondary N) is 2. The first-order valence-corrected chi connectivity index (χ1v) is 14.9. The summed E-state index contributed by atoms with van der Waals surface area (Å²) in [4.78, 5) is 7.83. The fourth-order valence-corrected chi connectivity index (χ4v) is 6.59. The summed E-state index contributed by atoms with van der Waals surface area (Å²) in [5, 5.41) is 20.3. The van der Waals surface area contributed by atoms with E-state index in [0.717, 1.165) is 24.0 Å². The van der Waals surface area contributed by atoms with E-state index in [-0.39, 0.29) is 30.7 Å². The summed E-state index contributed by atoms with van der Waals surface area (Å²) < 4.78 is 43.0. The molecule has 3 N–H and O–H groups in total. The van der Waals surface area contributed by atoms with Gasteiger partial charge < -0.3 is 24.3 Å². The van der Waals surface area contributed by atoms with Gasteiger partial charge in [0.1, 0.15) is 35.5 Å². The number of allylic oxidation sites excluding steroid dienone is 1. The van der Waals surface area contributed by atoms with Crippen molar-refractivity contribution in [3.63, 3.8) is 0 Å². The molecule has 10 nitrogen and oxygen atoms in total. The lowest BCUT2D eigenvalue weighted by molar-refractivity contribution is 0.00789. The lowest BCUT2D eigenvalue weighted by Crippen LogP contribution is -2.34. The number of aliphatic hydroxyl groups excluding tert-OH is 1. The first kappa shape index (κ1) is 26.3. The predicted octanol–water partition coefficient (Wildman–Crippen LogP) is 3.15. The van der Waals surface area contributed by atoms with Crippen LogP contribution < -0.4 is 9.46 Å². The van der Waals surface area contributed by atoms with Gasteiger partial charge in [-0.1, -0.05) is 41.9 Å². The van der Waals surface area contributed by atoms with Crippen molar-refractivity contribution in [3.8, 4) is 23.2 Å². The van der Waals surface area contributed by atoms with Crippen LogP contribution >= 0.6 is 11.6 Å². The van der Waals surface area contributed by atoms with Crippen LogP contribution in [0.3, 0.4) is 0 Å². The lowest BCUT2D eigenvalue weighted by Gasteiger charge is -2.22. The van der Waals surface area contributed by atoms with Gasteiger partial charge in [0.05, 0.1) is 35.7 Å². The molecule has 2 aromatic heterocycles. The number of fused-ring (bicyclic) bond motifs is 2. The largest absolute Gasteiger partial charge is 0.469 e. The maximum Gasteiger partial charge on any atom is 0.212 e. The van der Waals surface area contributed by atoms with Gasteiger partial charge in [-0.25, -0.2) is 18.1 Å². The monoisotopic (exact) mass is 570 g/mol. The average molecular weight is 571 g/mol. The first-order valence-electron chi connectivity index (χ1n) is 12.7. The van der Waals surface area contributed by atoms with Crippen LogP contribution in [0.25, 0.3) is 27.9 Å². The van der Waals surface area contributed by atoms with Crippen molar-refractivity contribution in [3.05, 3.63) is 52.6 Å². The second-order valence-corrected chi connectivity index (χ2v) is 12.3. The number of hydrogen-bond donors (Lipinski definition) is 3. The van der Waals surface area contributed by atoms with Gasteiger partial charge in [0.25, 0.3) is 0 Å². The Bertz CT molecular complexity index is 1600. The molecule has 2 fully saturated rings. The Hall–Kier alpha value is -2.98. The fourth-order valence-electron chi connectivity index (χ4n) is 5.51. The minimum atomic E-state index is -3.23. The molecule has 39 heavy (non-hydrogen) atoms. The second-order valence-electron chi connectivity index (χ2n) is 10.1. The topological polar surface area (TPSA) is 147 Å². The summed E-state index contributed by atoms with van der Waals surface area (Å²) in [5.41, 5.74) is 4.83. The number of nitrogens with zero attached hydrogens (tertiary/aromatic N) is 2. The smallest absolute Gasteiger partial charge is 0.212 e. The normalized spacial score (nSPS) is 26.8. The van der Waals surface area contributed by atoms with Crippen LogP contribution in [0.5, 0.6) is 5.88 Å². The maximum atomic E-state index is 11.5. The number of aliphatic hydroxyl groups is 1. The number of pyridine rings is 1. The van der Waals surface area contributed by atoms with Crippen LogP contribution in [-0.2, 0) is 19.5 Å². The Morgan fingerprint density at radius 2 is 1.95 bits per heavy atom. The summed E-state index contributed by atoms with van der Waals surface area (Å²) in [6.45, 7) is 0.425. The van der Waals surface area contributed by atoms with Crippen molar-refractivity contribution in [1.29, 1.82) is 5.26 Å². The van der Waals surface area contributed by atoms with Gasteiger partial charge >= 0.3 is 0 Å². The highest BCUT2D eigenvalue weighted by Gasteiger charge is 2.48. The van der Waals surface area contributed by atoms with E-state index < -0.39 is 34.4 Å². The fraction of sp³-hybridized carbons (Fsp3) is 0.407. The van der Waals surface area contributed by atoms with E-state index in [9.17, 15) is 18.8 Å². The number of hydrogen-bond acceptors (Lipinski definition) is 8. The Kier molecular flexibility index (Phi) is 6.87. The molecule has 0 amide bonds. The molecule has 6 rings (SSSR count). The molecule has 2 saturated heterocycles. The van der Waals surface area contributed by atoms with Crippen molar-refractivity contribution in [1.82, 2.24) is 14.7 Å². The van der Waals surface area contributed by atoms with E-state index in [1.165, 1.54) is 11.8 Å². The number of rotatable bonds is 6. The summed E-state index contributed by atoms with van der Waals surface area (Å²) in [5.74, 6) is 0.260. The SMILES string of the molecule is CS(=O)(=O)NC1CC=C(c2ccc(-c3nc4c(C#N)c(O[C@@H]5CO[C@H]6[C@@H]5OC[C@H]6O)[nH]c4cc3Cl)cc2)CC1. The molecule has 204 valence electrons. The molecule has 5 atom stereocenters. The number of nitriles is 1. The number of H-pyrrole nitrogens is 1. The number of ether oxygens (including phenoxy) is 3. The van der Waals surface area contributed by atoms with E-state index in [4.69, 9.17) is 30.8 Å². The molecule has 2 aliphatic heterocycles. The third-order valence-corrected chi connectivity index (χ3v) is 8.42. The maximum absolute atomic E-state index is 11.5. The van der Waals surface area contributed by atoms with E-state index >= 15 is 0 Å². The molecule has 1 aromatic carbocycles. The highest BCUT2D eigenvalue weighted by molar-refractivity contribution is 7.88. The number of halogens is 1. The summed E-state index contributed by atoms with van der Waals surface area (Å²) in [7, 11) is -3.23. The molecule has 0 bridgehead atoms. The van der Waals surface area contributed by atoms with Gasteiger partial charge in [-0.15, -0.1) is 0 Å². The molecule has 0 saturated carbocycles. The predicted molar refractivity (Wildman–Crippen MR) is 145 cm³/mol. The molecular formula is C27H27ClN4O6S. The number of benzene rings is 1. The highest BCUT2D eigenvalue weighted by Crippen LogP contribution is 2.37. The van der Waals surface area contributed by atoms with E-state index in [2.05, 4.69) is 21.9 Å². The van der Waals surface area contributed by atoms with Crippen molar-refractivity contribution >= 4 is 38.2 Å². The molecule has 1 unspecified atom stereocenters. The van der Waals surface area contributed by atoms with Crippen LogP contribution in [0, 0.1) is 11.3 Å². The average Bonchev–Trinajstić information content (AvgIpc) is 3.58. The number of sulfonamides is 1. The van der Waals surface area contributed by atoms with Gasteiger partial charge in [0.15, 0.2) is 6.10 Å². The van der Waals surface area contributed by atoms with Crippen LogP contribution in [0.2, 0.25) is 5.02 Å². The summed E-state index contributed by atoms with van der Waals surface area (Å²) in [6.07, 6.45) is 3.39. The molecular weight excluding hydrogens is 544 g/mol. The van der Waals surface area contributed by atoms with Gasteiger partial charge in [-0.3, -0.25) is 0 Å². The van der Waals surface area contributed by atoms with Crippen LogP contribution in [0.4, 0.5) is 0 Å². The van der Waals surface area contributed by atoms with Crippen LogP contribution in [-0.4, -0.2) is 73.4 Å². The summed E-state index contributed by atoms with van der Waals surface area (Å²) in [6, 6.07) is 11.7. The third-order valence-electron chi connectivity index (χ3n) is 7.37. The Labute approximate surface area is 230 Å². The Morgan fingerprint density at radius 3 is 2.64 bits per heavy atom. The van der Waals surface area contributed by atoms with Gasteiger partial charge in [-0.05, 0) is 36.5 Å². The first-order chi connectivity index (χ1) is 18.7. The minimum Gasteiger partial charge on any atom is -0.469 e. The third kappa shape index (κ3) is 5.16. The second kappa shape index (κ2) is 10.2. The van der Waals surface area contributed by atoms with Crippen LogP contribution in [0.15, 0.2) is 36.4 Å². The lowest BCUT2D eigenvalue weighted by atomic mass is 9.90. The number of aromatic amines is 1. The summed E-state index contributed by atoms with van der Waals surface area (Å²) >= 11 is 6.62. The Morgan fingerprint density at radius 1 is 1.21 bits per heavy atom. The zero-order valence-corrected chi connectivity index (χ0v) is 22.6. The molecule has 0 spiro atoms. The van der Waals surface area contributed by atoms with Crippen molar-refractivity contribution in [2.45, 2.75) is 49.7 Å². The highest BCUT2D eigenvalue weighted by atomic mass is 35.5. The van der Waals surface area contributed by atoms with E-state index in [0.29, 0.717) is 28.2 Å². The molecule has 1 aliphatic carbocycles.